The molecule has 2 N–H and O–H groups in total. The largest absolute Gasteiger partial charge is 0.472 e. The van der Waals surface area contributed by atoms with Crippen LogP contribution in [0.1, 0.15) is 329 Å². The maximum absolute atomic E-state index is 13.0. The predicted octanol–water partition coefficient (Wildman–Crippen LogP) is 19.9. The average molecular weight is 1120 g/mol. The Labute approximate surface area is 480 Å². The van der Waals surface area contributed by atoms with Gasteiger partial charge in [0.15, 0.2) is 6.10 Å². The Balaban J connectivity index is 4.67. The highest BCUT2D eigenvalue weighted by atomic mass is 31.2. The van der Waals surface area contributed by atoms with Crippen molar-refractivity contribution in [3.8, 4) is 0 Å². The summed E-state index contributed by atoms with van der Waals surface area (Å²) in [6.45, 7) is 4.68. The van der Waals surface area contributed by atoms with Crippen LogP contribution in [0.3, 0.4) is 0 Å². The molecule has 0 aliphatic carbocycles. The van der Waals surface area contributed by atoms with Crippen molar-refractivity contribution >= 4 is 25.7 Å². The van der Waals surface area contributed by atoms with Crippen molar-refractivity contribution in [2.45, 2.75) is 341 Å². The lowest BCUT2D eigenvalue weighted by Crippen LogP contribution is -2.30. The van der Waals surface area contributed by atoms with Crippen molar-refractivity contribution in [3.63, 3.8) is 0 Å². The Morgan fingerprint density at radius 2 is 0.628 bits per heavy atom. The lowest BCUT2D eigenvalue weighted by Gasteiger charge is -2.21. The normalized spacial score (nSPS) is 13.4. The first-order valence-corrected chi connectivity index (χ1v) is 34.4. The number of hydrogen-bond acceptors (Lipinski definition) is 10. The molecule has 0 aromatic carbocycles. The van der Waals surface area contributed by atoms with Crippen LogP contribution in [0.5, 0.6) is 0 Å². The van der Waals surface area contributed by atoms with Gasteiger partial charge >= 0.3 is 25.7 Å². The van der Waals surface area contributed by atoms with E-state index >= 15 is 0 Å². The van der Waals surface area contributed by atoms with Crippen molar-refractivity contribution < 1.29 is 52.2 Å². The molecule has 0 fully saturated rings. The second kappa shape index (κ2) is 60.8. The first-order valence-electron chi connectivity index (χ1n) is 32.9. The molecule has 3 atom stereocenters. The molecule has 11 nitrogen and oxygen atoms in total. The Kier molecular flexibility index (Phi) is 59.0. The smallest absolute Gasteiger partial charge is 0.462 e. The molecule has 0 aliphatic heterocycles. The third-order valence-electron chi connectivity index (χ3n) is 14.5. The minimum atomic E-state index is -4.75. The van der Waals surface area contributed by atoms with Crippen LogP contribution in [-0.4, -0.2) is 66.5 Å². The first kappa shape index (κ1) is 75.7. The number of esters is 3. The number of unbranched alkanes of at least 4 members (excludes halogenated alkanes) is 39. The van der Waals surface area contributed by atoms with Crippen molar-refractivity contribution in [3.05, 3.63) is 36.5 Å². The summed E-state index contributed by atoms with van der Waals surface area (Å²) < 4.78 is 39.7. The van der Waals surface area contributed by atoms with Gasteiger partial charge in [-0.2, -0.15) is 0 Å². The van der Waals surface area contributed by atoms with Gasteiger partial charge in [0.1, 0.15) is 12.7 Å². The molecule has 0 bridgehead atoms. The van der Waals surface area contributed by atoms with Crippen LogP contribution in [-0.2, 0) is 42.2 Å². The van der Waals surface area contributed by atoms with E-state index < -0.39 is 57.8 Å². The third-order valence-corrected chi connectivity index (χ3v) is 15.5. The van der Waals surface area contributed by atoms with Crippen molar-refractivity contribution in [1.29, 1.82) is 0 Å². The highest BCUT2D eigenvalue weighted by Crippen LogP contribution is 2.43. The summed E-state index contributed by atoms with van der Waals surface area (Å²) in [5, 5.41) is 9.85. The number of phosphoric acid groups is 1. The van der Waals surface area contributed by atoms with Gasteiger partial charge in [0, 0.05) is 19.3 Å². The summed E-state index contributed by atoms with van der Waals surface area (Å²) in [7, 11) is -4.75. The fourth-order valence-electron chi connectivity index (χ4n) is 9.50. The summed E-state index contributed by atoms with van der Waals surface area (Å²) in [6.07, 6.45) is 65.2. The van der Waals surface area contributed by atoms with Gasteiger partial charge < -0.3 is 24.2 Å². The number of carbonyl (C=O) groups is 3. The lowest BCUT2D eigenvalue weighted by molar-refractivity contribution is -0.161. The van der Waals surface area contributed by atoms with Crippen molar-refractivity contribution in [1.82, 2.24) is 0 Å². The lowest BCUT2D eigenvalue weighted by atomic mass is 10.0. The SMILES string of the molecule is CCCCC/C=C\C/C=C\CCCCCCCCCCCC(=O)OCC(COP(=O)(O)OCC(CO)OC(=O)CCCCCCC/C=C\CCCCCCCC)OC(=O)CCCCCCCCCCCCCCCCCCC. The highest BCUT2D eigenvalue weighted by molar-refractivity contribution is 7.47. The maximum Gasteiger partial charge on any atom is 0.472 e. The van der Waals surface area contributed by atoms with Crippen LogP contribution in [0.2, 0.25) is 0 Å². The van der Waals surface area contributed by atoms with Crippen LogP contribution in [0.4, 0.5) is 0 Å². The van der Waals surface area contributed by atoms with E-state index in [0.717, 1.165) is 89.9 Å². The number of aliphatic hydroxyl groups is 1. The molecular weight excluding hydrogens is 1000 g/mol. The van der Waals surface area contributed by atoms with Crippen molar-refractivity contribution in [2.75, 3.05) is 26.4 Å². The minimum absolute atomic E-state index is 0.171. The highest BCUT2D eigenvalue weighted by Gasteiger charge is 2.28. The molecule has 0 aliphatic rings. The summed E-state index contributed by atoms with van der Waals surface area (Å²) in [5.41, 5.74) is 0. The molecule has 3 unspecified atom stereocenters. The minimum Gasteiger partial charge on any atom is -0.462 e. The number of aliphatic hydroxyl groups excluding tert-OH is 1. The van der Waals surface area contributed by atoms with Gasteiger partial charge in [-0.1, -0.05) is 269 Å². The van der Waals surface area contributed by atoms with Gasteiger partial charge in [-0.15, -0.1) is 0 Å². The maximum atomic E-state index is 13.0. The zero-order valence-corrected chi connectivity index (χ0v) is 51.8. The van der Waals surface area contributed by atoms with E-state index in [2.05, 4.69) is 57.2 Å². The second-order valence-electron chi connectivity index (χ2n) is 22.3. The van der Waals surface area contributed by atoms with Gasteiger partial charge in [-0.05, 0) is 77.0 Å². The number of phosphoric ester groups is 1. The number of carbonyl (C=O) groups excluding carboxylic acids is 3. The van der Waals surface area contributed by atoms with Crippen LogP contribution in [0.25, 0.3) is 0 Å². The molecule has 0 spiro atoms. The standard InChI is InChI=1S/C66H123O11P/c1-4-7-10-13-16-19-22-25-28-30-31-33-35-37-40-43-46-49-52-55-64(68)73-59-63(77-66(70)57-54-51-48-45-42-39-36-32-29-26-23-20-17-14-11-8-5-2)61-75-78(71,72)74-60-62(58-67)76-65(69)56-53-50-47-44-41-38-34-27-24-21-18-15-12-9-6-3/h16,19,25,27-28,34,62-63,67H,4-15,17-18,20-24,26,29-33,35-61H2,1-3H3,(H,71,72)/b19-16-,28-25-,34-27-. The van der Waals surface area contributed by atoms with Gasteiger partial charge in [-0.3, -0.25) is 23.4 Å². The molecule has 0 heterocycles. The molecule has 0 saturated heterocycles. The van der Waals surface area contributed by atoms with Gasteiger partial charge in [0.05, 0.1) is 19.8 Å². The molecule has 0 saturated carbocycles. The van der Waals surface area contributed by atoms with Gasteiger partial charge in [0.2, 0.25) is 0 Å². The zero-order chi connectivity index (χ0) is 56.9. The fourth-order valence-corrected chi connectivity index (χ4v) is 10.3. The van der Waals surface area contributed by atoms with E-state index in [4.69, 9.17) is 23.3 Å². The molecule has 0 aromatic rings. The summed E-state index contributed by atoms with van der Waals surface area (Å²) in [6, 6.07) is 0. The zero-order valence-electron chi connectivity index (χ0n) is 50.9. The fraction of sp³-hybridized carbons (Fsp3) is 0.864. The Morgan fingerprint density at radius 1 is 0.359 bits per heavy atom. The second-order valence-corrected chi connectivity index (χ2v) is 23.7. The molecule has 0 rings (SSSR count). The molecule has 0 amide bonds. The summed E-state index contributed by atoms with van der Waals surface area (Å²) in [4.78, 5) is 48.8. The van der Waals surface area contributed by atoms with Gasteiger partial charge in [0.25, 0.3) is 0 Å². The molecule has 458 valence electrons. The van der Waals surface area contributed by atoms with Crippen LogP contribution >= 0.6 is 7.82 Å². The van der Waals surface area contributed by atoms with E-state index in [1.54, 1.807) is 0 Å². The summed E-state index contributed by atoms with van der Waals surface area (Å²) in [5.74, 6) is -1.45. The number of hydrogen-bond donors (Lipinski definition) is 2. The van der Waals surface area contributed by atoms with E-state index in [0.29, 0.717) is 19.3 Å². The monoisotopic (exact) mass is 1120 g/mol. The molecule has 0 radical (unpaired) electrons. The van der Waals surface area contributed by atoms with Crippen molar-refractivity contribution in [2.24, 2.45) is 0 Å². The van der Waals surface area contributed by atoms with E-state index in [-0.39, 0.29) is 25.9 Å². The molecule has 78 heavy (non-hydrogen) atoms. The van der Waals surface area contributed by atoms with Crippen LogP contribution in [0, 0.1) is 0 Å². The summed E-state index contributed by atoms with van der Waals surface area (Å²) >= 11 is 0. The first-order chi connectivity index (χ1) is 38.2. The van der Waals surface area contributed by atoms with Gasteiger partial charge in [-0.25, -0.2) is 4.57 Å². The van der Waals surface area contributed by atoms with Crippen LogP contribution < -0.4 is 0 Å². The quantitative estimate of drug-likeness (QED) is 0.0197. The number of ether oxygens (including phenoxy) is 3. The molecule has 12 heteroatoms. The number of allylic oxidation sites excluding steroid dienone is 6. The van der Waals surface area contributed by atoms with E-state index in [9.17, 15) is 28.9 Å². The third kappa shape index (κ3) is 58.4. The molecule has 0 aromatic heterocycles. The van der Waals surface area contributed by atoms with E-state index in [1.807, 2.05) is 0 Å². The Bertz CT molecular complexity index is 1450. The topological polar surface area (TPSA) is 155 Å². The van der Waals surface area contributed by atoms with Crippen LogP contribution in [0.15, 0.2) is 36.5 Å². The number of rotatable bonds is 62. The molecular formula is C66H123O11P. The Hall–Kier alpha value is -2.30. The predicted molar refractivity (Wildman–Crippen MR) is 326 cm³/mol. The van der Waals surface area contributed by atoms with E-state index in [1.165, 1.54) is 180 Å². The Morgan fingerprint density at radius 3 is 0.987 bits per heavy atom. The average Bonchev–Trinajstić information content (AvgIpc) is 3.43.